The van der Waals surface area contributed by atoms with Crippen LogP contribution in [-0.2, 0) is 22.7 Å². The Morgan fingerprint density at radius 3 is 2.39 bits per heavy atom. The molecule has 1 atom stereocenters. The van der Waals surface area contributed by atoms with E-state index in [0.29, 0.717) is 37.4 Å². The number of carbonyl (C=O) groups excluding carboxylic acids is 3. The molecule has 0 radical (unpaired) electrons. The van der Waals surface area contributed by atoms with Gasteiger partial charge in [-0.1, -0.05) is 32.0 Å². The number of carbonyl (C=O) groups is 3. The van der Waals surface area contributed by atoms with Crippen LogP contribution in [0.3, 0.4) is 0 Å². The van der Waals surface area contributed by atoms with Crippen LogP contribution in [0.2, 0.25) is 0 Å². The Kier molecular flexibility index (Phi) is 11.6. The van der Waals surface area contributed by atoms with E-state index in [1.165, 1.54) is 6.08 Å². The Hall–Kier alpha value is -5.44. The molecular weight excluding hydrogens is 714 g/mol. The molecule has 2 saturated carbocycles. The topological polar surface area (TPSA) is 180 Å². The zero-order valence-corrected chi connectivity index (χ0v) is 32.6. The molecule has 298 valence electrons. The van der Waals surface area contributed by atoms with E-state index in [4.69, 9.17) is 16.6 Å². The fraction of sp³-hybridized carbons (Fsp3) is 0.488. The first-order valence-corrected chi connectivity index (χ1v) is 20.0. The van der Waals surface area contributed by atoms with Gasteiger partial charge in [-0.3, -0.25) is 24.0 Å². The number of nitrogens with one attached hydrogen (secondary N) is 3. The quantitative estimate of drug-likeness (QED) is 0.141. The van der Waals surface area contributed by atoms with E-state index in [1.54, 1.807) is 11.0 Å². The standard InChI is InChI=1S/C39H48FN11O3.C2H6/c1-48-22-33-29(19-43-51(33)27-13-15-49(16-14-27)21-26-4-2-7-31(44-26)39(54)50-17-12-24(40)20-50)28-5-3-6-30(36(28)48)46-32(35(42)38(53)45-25-10-11-25)18-34(41)47-37(52)23-8-9-23;1-2/h2-7,18-19,23-25,27,46H,8-17,20-22,41-42H2,1H3,(H,45,53)(H,47,52);1-2H3/b34-18+,35-32+;. The molecule has 5 aliphatic rings. The van der Waals surface area contributed by atoms with Crippen LogP contribution < -0.4 is 32.3 Å². The van der Waals surface area contributed by atoms with Crippen LogP contribution in [0, 0.1) is 5.92 Å². The number of likely N-dealkylation sites (tertiary alicyclic amines) is 2. The van der Waals surface area contributed by atoms with Gasteiger partial charge >= 0.3 is 0 Å². The molecule has 2 aliphatic carbocycles. The van der Waals surface area contributed by atoms with Crippen molar-refractivity contribution in [1.29, 1.82) is 0 Å². The number of nitrogens with zero attached hydrogens (tertiary/aromatic N) is 6. The molecule has 7 N–H and O–H groups in total. The molecule has 3 amide bonds. The highest BCUT2D eigenvalue weighted by Crippen LogP contribution is 2.44. The third-order valence-electron chi connectivity index (χ3n) is 11.0. The monoisotopic (exact) mass is 767 g/mol. The summed E-state index contributed by atoms with van der Waals surface area (Å²) < 4.78 is 15.9. The minimum absolute atomic E-state index is 0.0169. The number of hydrogen-bond acceptors (Lipinski definition) is 10. The smallest absolute Gasteiger partial charge is 0.272 e. The molecule has 1 unspecified atom stereocenters. The van der Waals surface area contributed by atoms with Crippen molar-refractivity contribution in [3.63, 3.8) is 0 Å². The molecule has 56 heavy (non-hydrogen) atoms. The van der Waals surface area contributed by atoms with Crippen molar-refractivity contribution in [2.45, 2.75) is 90.1 Å². The number of rotatable bonds is 11. The number of para-hydroxylation sites is 1. The van der Waals surface area contributed by atoms with Crippen LogP contribution in [0.1, 0.15) is 86.7 Å². The number of aromatic nitrogens is 3. The Labute approximate surface area is 327 Å². The Morgan fingerprint density at radius 2 is 1.70 bits per heavy atom. The number of alkyl halides is 1. The zero-order valence-electron chi connectivity index (χ0n) is 32.6. The molecule has 14 nitrogen and oxygen atoms in total. The average molecular weight is 768 g/mol. The number of hydrogen-bond donors (Lipinski definition) is 5. The molecule has 2 aromatic heterocycles. The van der Waals surface area contributed by atoms with Crippen LogP contribution in [0.5, 0.6) is 0 Å². The van der Waals surface area contributed by atoms with Gasteiger partial charge in [0.15, 0.2) is 0 Å². The Morgan fingerprint density at radius 1 is 0.946 bits per heavy atom. The molecule has 1 aromatic carbocycles. The van der Waals surface area contributed by atoms with E-state index < -0.39 is 6.17 Å². The fourth-order valence-electron chi connectivity index (χ4n) is 7.68. The number of halogens is 1. The van der Waals surface area contributed by atoms with Crippen molar-refractivity contribution in [3.8, 4) is 11.1 Å². The van der Waals surface area contributed by atoms with Gasteiger partial charge in [-0.15, -0.1) is 0 Å². The zero-order chi connectivity index (χ0) is 39.5. The number of allylic oxidation sites excluding steroid dienone is 1. The van der Waals surface area contributed by atoms with E-state index in [0.717, 1.165) is 85.5 Å². The Balaban J connectivity index is 0.00000237. The van der Waals surface area contributed by atoms with Crippen molar-refractivity contribution >= 4 is 29.1 Å². The first kappa shape index (κ1) is 38.8. The lowest BCUT2D eigenvalue weighted by Gasteiger charge is -2.35. The summed E-state index contributed by atoms with van der Waals surface area (Å²) in [6.45, 7) is 7.55. The van der Waals surface area contributed by atoms with Crippen molar-refractivity contribution in [2.75, 3.05) is 43.4 Å². The number of benzene rings is 1. The summed E-state index contributed by atoms with van der Waals surface area (Å²) in [7, 11) is 2.03. The minimum Gasteiger partial charge on any atom is -0.393 e. The Bertz CT molecular complexity index is 2010. The second-order valence-electron chi connectivity index (χ2n) is 15.2. The number of piperidine rings is 1. The summed E-state index contributed by atoms with van der Waals surface area (Å²) in [4.78, 5) is 49.1. The van der Waals surface area contributed by atoms with Crippen LogP contribution in [-0.4, -0.2) is 87.7 Å². The average Bonchev–Trinajstić information content (AvgIpc) is 4.14. The summed E-state index contributed by atoms with van der Waals surface area (Å²) in [5.41, 5.74) is 19.0. The summed E-state index contributed by atoms with van der Waals surface area (Å²) >= 11 is 0. The van der Waals surface area contributed by atoms with Gasteiger partial charge in [-0.05, 0) is 63.1 Å². The van der Waals surface area contributed by atoms with Crippen LogP contribution in [0.15, 0.2) is 65.9 Å². The summed E-state index contributed by atoms with van der Waals surface area (Å²) in [5.74, 6) is -0.651. The number of amides is 3. The van der Waals surface area contributed by atoms with Crippen molar-refractivity contribution in [2.24, 2.45) is 17.4 Å². The third-order valence-corrected chi connectivity index (χ3v) is 11.0. The van der Waals surface area contributed by atoms with Crippen molar-refractivity contribution < 1.29 is 18.8 Å². The van der Waals surface area contributed by atoms with Crippen LogP contribution in [0.4, 0.5) is 15.8 Å². The van der Waals surface area contributed by atoms with Gasteiger partial charge in [0.2, 0.25) is 5.91 Å². The highest BCUT2D eigenvalue weighted by Gasteiger charge is 2.33. The molecule has 8 rings (SSSR count). The highest BCUT2D eigenvalue weighted by molar-refractivity contribution is 5.96. The maximum absolute atomic E-state index is 13.7. The molecule has 0 bridgehead atoms. The van der Waals surface area contributed by atoms with Crippen LogP contribution in [0.25, 0.3) is 11.1 Å². The second-order valence-corrected chi connectivity index (χ2v) is 15.2. The maximum Gasteiger partial charge on any atom is 0.272 e. The highest BCUT2D eigenvalue weighted by atomic mass is 19.1. The van der Waals surface area contributed by atoms with E-state index in [9.17, 15) is 18.8 Å². The SMILES string of the molecule is CC.CN1Cc2c(cnn2C2CCN(Cc3cccc(C(=O)N4CCC(F)C4)n3)CC2)-c2cccc(NC(/C=C(\N)NC(=O)C3CC3)=C(/N)C(=O)NC3CC3)c21. The first-order chi connectivity index (χ1) is 27.1. The van der Waals surface area contributed by atoms with Gasteiger partial charge in [0.25, 0.3) is 11.8 Å². The molecule has 15 heteroatoms. The molecular formula is C41H54FN11O3. The molecule has 2 saturated heterocycles. The second kappa shape index (κ2) is 16.7. The lowest BCUT2D eigenvalue weighted by molar-refractivity contribution is -0.121. The molecule has 0 spiro atoms. The van der Waals surface area contributed by atoms with Gasteiger partial charge in [-0.25, -0.2) is 9.37 Å². The van der Waals surface area contributed by atoms with Crippen molar-refractivity contribution in [3.05, 3.63) is 83.0 Å². The van der Waals surface area contributed by atoms with E-state index in [-0.39, 0.29) is 53.8 Å². The van der Waals surface area contributed by atoms with Crippen LogP contribution >= 0.6 is 0 Å². The largest absolute Gasteiger partial charge is 0.393 e. The van der Waals surface area contributed by atoms with E-state index in [2.05, 4.69) is 41.5 Å². The fourth-order valence-corrected chi connectivity index (χ4v) is 7.68. The third kappa shape index (κ3) is 8.67. The maximum atomic E-state index is 13.7. The van der Waals surface area contributed by atoms with Gasteiger partial charge < -0.3 is 37.2 Å². The lowest BCUT2D eigenvalue weighted by Crippen LogP contribution is -2.36. The number of anilines is 2. The number of fused-ring (bicyclic) bond motifs is 3. The normalized spacial score (nSPS) is 20.3. The van der Waals surface area contributed by atoms with Gasteiger partial charge in [0.05, 0.1) is 53.8 Å². The van der Waals surface area contributed by atoms with E-state index >= 15 is 0 Å². The molecule has 3 aliphatic heterocycles. The predicted octanol–water partition coefficient (Wildman–Crippen LogP) is 4.13. The number of nitrogens with two attached hydrogens (primary N) is 2. The number of pyridine rings is 1. The predicted molar refractivity (Wildman–Crippen MR) is 213 cm³/mol. The summed E-state index contributed by atoms with van der Waals surface area (Å²) in [5, 5.41) is 14.0. The summed E-state index contributed by atoms with van der Waals surface area (Å²) in [6, 6.07) is 11.8. The first-order valence-electron chi connectivity index (χ1n) is 20.0. The van der Waals surface area contributed by atoms with Gasteiger partial charge in [0, 0.05) is 62.4 Å². The minimum atomic E-state index is -0.961. The molecule has 3 aromatic rings. The van der Waals surface area contributed by atoms with E-state index in [1.807, 2.05) is 51.4 Å². The van der Waals surface area contributed by atoms with Gasteiger partial charge in [0.1, 0.15) is 23.4 Å². The summed E-state index contributed by atoms with van der Waals surface area (Å²) in [6.07, 6.45) is 8.23. The van der Waals surface area contributed by atoms with Gasteiger partial charge in [-0.2, -0.15) is 5.10 Å². The lowest BCUT2D eigenvalue weighted by atomic mass is 9.97. The van der Waals surface area contributed by atoms with Crippen molar-refractivity contribution in [1.82, 2.24) is 35.2 Å². The molecule has 4 fully saturated rings. The molecule has 5 heterocycles.